The number of hydrogen-bond donors (Lipinski definition) is 1. The molecular formula is C12H21N3S2. The van der Waals surface area contributed by atoms with E-state index in [2.05, 4.69) is 40.8 Å². The number of nitrogens with one attached hydrogen (secondary N) is 1. The van der Waals surface area contributed by atoms with Crippen molar-refractivity contribution in [3.63, 3.8) is 0 Å². The maximum atomic E-state index is 4.69. The third kappa shape index (κ3) is 3.86. The summed E-state index contributed by atoms with van der Waals surface area (Å²) >= 11 is 3.63. The van der Waals surface area contributed by atoms with Crippen LogP contribution in [0.2, 0.25) is 0 Å². The van der Waals surface area contributed by atoms with E-state index in [0.717, 1.165) is 23.5 Å². The van der Waals surface area contributed by atoms with Crippen molar-refractivity contribution < 1.29 is 0 Å². The first-order valence-corrected chi connectivity index (χ1v) is 8.37. The highest BCUT2D eigenvalue weighted by Crippen LogP contribution is 2.23. The van der Waals surface area contributed by atoms with E-state index in [0.29, 0.717) is 6.04 Å². The minimum absolute atomic E-state index is 0.542. The molecule has 1 aliphatic rings. The fraction of sp³-hybridized carbons (Fsp3) is 0.750. The molecule has 96 valence electrons. The zero-order valence-electron chi connectivity index (χ0n) is 10.8. The summed E-state index contributed by atoms with van der Waals surface area (Å²) in [6.07, 6.45) is 4.82. The summed E-state index contributed by atoms with van der Waals surface area (Å²) in [7, 11) is 2.14. The molecular weight excluding hydrogens is 250 g/mol. The minimum atomic E-state index is 0.542. The molecule has 1 atom stereocenters. The molecule has 2 rings (SSSR count). The monoisotopic (exact) mass is 271 g/mol. The maximum Gasteiger partial charge on any atom is 0.185 e. The van der Waals surface area contributed by atoms with Gasteiger partial charge in [-0.1, -0.05) is 0 Å². The van der Waals surface area contributed by atoms with Crippen LogP contribution in [0.25, 0.3) is 0 Å². The highest BCUT2D eigenvalue weighted by atomic mass is 32.2. The second-order valence-corrected chi connectivity index (χ2v) is 6.44. The van der Waals surface area contributed by atoms with Crippen LogP contribution in [0.15, 0.2) is 5.38 Å². The van der Waals surface area contributed by atoms with Crippen molar-refractivity contribution in [3.05, 3.63) is 11.1 Å². The van der Waals surface area contributed by atoms with Gasteiger partial charge in [0.25, 0.3) is 0 Å². The molecule has 0 bridgehead atoms. The van der Waals surface area contributed by atoms with E-state index in [4.69, 9.17) is 0 Å². The summed E-state index contributed by atoms with van der Waals surface area (Å²) in [5.41, 5.74) is 1.18. The highest BCUT2D eigenvalue weighted by molar-refractivity contribution is 7.98. The van der Waals surface area contributed by atoms with Gasteiger partial charge in [0, 0.05) is 36.8 Å². The number of anilines is 1. The first kappa shape index (κ1) is 13.2. The quantitative estimate of drug-likeness (QED) is 0.825. The zero-order chi connectivity index (χ0) is 12.3. The molecule has 1 aromatic heterocycles. The van der Waals surface area contributed by atoms with Crippen molar-refractivity contribution in [3.8, 4) is 0 Å². The van der Waals surface area contributed by atoms with Crippen LogP contribution in [-0.4, -0.2) is 36.1 Å². The van der Waals surface area contributed by atoms with Crippen molar-refractivity contribution in [2.45, 2.75) is 38.4 Å². The van der Waals surface area contributed by atoms with Gasteiger partial charge in [-0.05, 0) is 26.0 Å². The predicted octanol–water partition coefficient (Wildman–Crippen LogP) is 2.58. The standard InChI is InChI=1S/C12H21N3S2/c1-9(7-16-3)15(2)12-14-11(8-17-12)6-13-10-4-5-10/h8-10,13H,4-7H2,1-3H3. The summed E-state index contributed by atoms with van der Waals surface area (Å²) < 4.78 is 0. The molecule has 0 radical (unpaired) electrons. The molecule has 0 spiro atoms. The summed E-state index contributed by atoms with van der Waals surface area (Å²) in [5.74, 6) is 1.14. The van der Waals surface area contributed by atoms with Gasteiger partial charge in [-0.3, -0.25) is 0 Å². The lowest BCUT2D eigenvalue weighted by Crippen LogP contribution is -2.30. The Labute approximate surface area is 112 Å². The Morgan fingerprint density at radius 2 is 2.41 bits per heavy atom. The normalized spacial score (nSPS) is 17.1. The fourth-order valence-electron chi connectivity index (χ4n) is 1.62. The number of thioether (sulfide) groups is 1. The van der Waals surface area contributed by atoms with E-state index < -0.39 is 0 Å². The number of nitrogens with zero attached hydrogens (tertiary/aromatic N) is 2. The Bertz CT molecular complexity index is 349. The summed E-state index contributed by atoms with van der Waals surface area (Å²) in [4.78, 5) is 6.97. The molecule has 0 saturated heterocycles. The fourth-order valence-corrected chi connectivity index (χ4v) is 3.22. The molecule has 1 aromatic rings. The number of hydrogen-bond acceptors (Lipinski definition) is 5. The highest BCUT2D eigenvalue weighted by Gasteiger charge is 2.20. The lowest BCUT2D eigenvalue weighted by Gasteiger charge is -2.23. The molecule has 1 fully saturated rings. The summed E-state index contributed by atoms with van der Waals surface area (Å²) in [6.45, 7) is 3.17. The Balaban J connectivity index is 1.86. The largest absolute Gasteiger partial charge is 0.348 e. The average molecular weight is 271 g/mol. The lowest BCUT2D eigenvalue weighted by atomic mass is 10.4. The van der Waals surface area contributed by atoms with Gasteiger partial charge in [0.05, 0.1) is 5.69 Å². The molecule has 3 nitrogen and oxygen atoms in total. The van der Waals surface area contributed by atoms with Crippen molar-refractivity contribution in [2.24, 2.45) is 0 Å². The van der Waals surface area contributed by atoms with Crippen LogP contribution in [0.4, 0.5) is 5.13 Å². The molecule has 17 heavy (non-hydrogen) atoms. The Morgan fingerprint density at radius 3 is 3.06 bits per heavy atom. The van der Waals surface area contributed by atoms with E-state index >= 15 is 0 Å². The molecule has 1 unspecified atom stereocenters. The van der Waals surface area contributed by atoms with Gasteiger partial charge in [0.2, 0.25) is 0 Å². The van der Waals surface area contributed by atoms with Crippen molar-refractivity contribution >= 4 is 28.2 Å². The van der Waals surface area contributed by atoms with E-state index in [1.807, 2.05) is 11.8 Å². The molecule has 1 aliphatic carbocycles. The van der Waals surface area contributed by atoms with Gasteiger partial charge in [-0.25, -0.2) is 4.98 Å². The zero-order valence-corrected chi connectivity index (χ0v) is 12.4. The Kier molecular flexibility index (Phi) is 4.70. The van der Waals surface area contributed by atoms with Gasteiger partial charge >= 0.3 is 0 Å². The van der Waals surface area contributed by atoms with Gasteiger partial charge in [0.15, 0.2) is 5.13 Å². The smallest absolute Gasteiger partial charge is 0.185 e. The van der Waals surface area contributed by atoms with E-state index in [-0.39, 0.29) is 0 Å². The van der Waals surface area contributed by atoms with E-state index in [1.165, 1.54) is 18.5 Å². The van der Waals surface area contributed by atoms with Crippen LogP contribution in [-0.2, 0) is 6.54 Å². The molecule has 0 aromatic carbocycles. The third-order valence-electron chi connectivity index (χ3n) is 3.06. The second kappa shape index (κ2) is 6.07. The predicted molar refractivity (Wildman–Crippen MR) is 78.2 cm³/mol. The number of rotatable bonds is 7. The summed E-state index contributed by atoms with van der Waals surface area (Å²) in [5, 5.41) is 6.81. The van der Waals surface area contributed by atoms with Crippen LogP contribution < -0.4 is 10.2 Å². The molecule has 0 aliphatic heterocycles. The third-order valence-corrected chi connectivity index (χ3v) is 4.86. The van der Waals surface area contributed by atoms with E-state index in [9.17, 15) is 0 Å². The first-order chi connectivity index (χ1) is 8.20. The topological polar surface area (TPSA) is 28.2 Å². The van der Waals surface area contributed by atoms with E-state index in [1.54, 1.807) is 11.3 Å². The van der Waals surface area contributed by atoms with Crippen LogP contribution in [0.3, 0.4) is 0 Å². The molecule has 1 saturated carbocycles. The van der Waals surface area contributed by atoms with Crippen molar-refractivity contribution in [1.82, 2.24) is 10.3 Å². The Morgan fingerprint density at radius 1 is 1.65 bits per heavy atom. The SMILES string of the molecule is CSCC(C)N(C)c1nc(CNC2CC2)cs1. The summed E-state index contributed by atoms with van der Waals surface area (Å²) in [6, 6.07) is 1.30. The van der Waals surface area contributed by atoms with Crippen molar-refractivity contribution in [2.75, 3.05) is 24.0 Å². The van der Waals surface area contributed by atoms with Crippen LogP contribution in [0.1, 0.15) is 25.5 Å². The Hall–Kier alpha value is -0.260. The van der Waals surface area contributed by atoms with Gasteiger partial charge in [0.1, 0.15) is 0 Å². The first-order valence-electron chi connectivity index (χ1n) is 6.10. The molecule has 0 amide bonds. The molecule has 5 heteroatoms. The second-order valence-electron chi connectivity index (χ2n) is 4.69. The lowest BCUT2D eigenvalue weighted by molar-refractivity contribution is 0.675. The number of thiazole rings is 1. The maximum absolute atomic E-state index is 4.69. The van der Waals surface area contributed by atoms with Crippen LogP contribution >= 0.6 is 23.1 Å². The van der Waals surface area contributed by atoms with Gasteiger partial charge in [-0.2, -0.15) is 11.8 Å². The molecule has 1 heterocycles. The molecule has 1 N–H and O–H groups in total. The van der Waals surface area contributed by atoms with Crippen LogP contribution in [0, 0.1) is 0 Å². The van der Waals surface area contributed by atoms with Gasteiger partial charge < -0.3 is 10.2 Å². The minimum Gasteiger partial charge on any atom is -0.348 e. The van der Waals surface area contributed by atoms with Crippen molar-refractivity contribution in [1.29, 1.82) is 0 Å². The van der Waals surface area contributed by atoms with Crippen LogP contribution in [0.5, 0.6) is 0 Å². The number of aromatic nitrogens is 1. The average Bonchev–Trinajstić information content (AvgIpc) is 3.03. The van der Waals surface area contributed by atoms with Gasteiger partial charge in [-0.15, -0.1) is 11.3 Å².